The Morgan fingerprint density at radius 3 is 2.50 bits per heavy atom. The molecule has 3 rings (SSSR count). The van der Waals surface area contributed by atoms with E-state index in [0.29, 0.717) is 17.3 Å². The van der Waals surface area contributed by atoms with Crippen molar-refractivity contribution in [2.45, 2.75) is 6.54 Å². The van der Waals surface area contributed by atoms with E-state index in [2.05, 4.69) is 10.00 Å². The van der Waals surface area contributed by atoms with Crippen LogP contribution in [0.5, 0.6) is 0 Å². The van der Waals surface area contributed by atoms with Gasteiger partial charge in [0.05, 0.1) is 30.5 Å². The van der Waals surface area contributed by atoms with Gasteiger partial charge in [-0.05, 0) is 12.1 Å². The van der Waals surface area contributed by atoms with Crippen LogP contribution in [-0.2, 0) is 11.3 Å². The number of fused-ring (bicyclic) bond motifs is 1. The van der Waals surface area contributed by atoms with Gasteiger partial charge in [-0.1, -0.05) is 12.1 Å². The third-order valence-electron chi connectivity index (χ3n) is 3.63. The summed E-state index contributed by atoms with van der Waals surface area (Å²) in [6, 6.07) is 6.89. The lowest BCUT2D eigenvalue weighted by Gasteiger charge is -2.26. The van der Waals surface area contributed by atoms with Crippen molar-refractivity contribution in [3.63, 3.8) is 0 Å². The molecule has 6 heteroatoms. The summed E-state index contributed by atoms with van der Waals surface area (Å²) < 4.78 is 6.69. The highest BCUT2D eigenvalue weighted by molar-refractivity contribution is 5.80. The van der Waals surface area contributed by atoms with Gasteiger partial charge in [0.25, 0.3) is 11.1 Å². The van der Waals surface area contributed by atoms with Crippen LogP contribution in [-0.4, -0.2) is 47.5 Å². The van der Waals surface area contributed by atoms with E-state index in [0.717, 1.165) is 32.8 Å². The number of benzene rings is 1. The van der Waals surface area contributed by atoms with E-state index in [4.69, 9.17) is 4.74 Å². The van der Waals surface area contributed by atoms with Crippen molar-refractivity contribution < 1.29 is 4.74 Å². The first kappa shape index (κ1) is 13.1. The van der Waals surface area contributed by atoms with E-state index in [9.17, 15) is 9.59 Å². The highest BCUT2D eigenvalue weighted by Gasteiger charge is 2.11. The van der Waals surface area contributed by atoms with E-state index in [-0.39, 0.29) is 11.1 Å². The Balaban J connectivity index is 1.86. The number of nitrogens with one attached hydrogen (secondary N) is 1. The van der Waals surface area contributed by atoms with Crippen molar-refractivity contribution in [2.24, 2.45) is 0 Å². The fourth-order valence-electron chi connectivity index (χ4n) is 2.47. The number of ether oxygens (including phenoxy) is 1. The molecule has 106 valence electrons. The van der Waals surface area contributed by atoms with E-state index in [1.165, 1.54) is 4.68 Å². The molecule has 0 saturated carbocycles. The number of nitrogens with zero attached hydrogens (tertiary/aromatic N) is 2. The van der Waals surface area contributed by atoms with Crippen LogP contribution in [0, 0.1) is 0 Å². The minimum Gasteiger partial charge on any atom is -0.379 e. The molecule has 1 aromatic carbocycles. The van der Waals surface area contributed by atoms with Gasteiger partial charge in [0.1, 0.15) is 0 Å². The van der Waals surface area contributed by atoms with Gasteiger partial charge >= 0.3 is 0 Å². The van der Waals surface area contributed by atoms with Crippen molar-refractivity contribution in [3.8, 4) is 0 Å². The second-order valence-corrected chi connectivity index (χ2v) is 4.90. The van der Waals surface area contributed by atoms with Gasteiger partial charge < -0.3 is 4.74 Å². The summed E-state index contributed by atoms with van der Waals surface area (Å²) >= 11 is 0. The normalized spacial score (nSPS) is 16.6. The quantitative estimate of drug-likeness (QED) is 0.857. The highest BCUT2D eigenvalue weighted by atomic mass is 16.5. The SMILES string of the molecule is O=c1[nH]n(CCN2CCOCC2)c(=O)c2ccccc12. The van der Waals surface area contributed by atoms with Gasteiger partial charge in [-0.25, -0.2) is 4.68 Å². The van der Waals surface area contributed by atoms with Gasteiger partial charge in [-0.3, -0.25) is 19.6 Å². The average Bonchev–Trinajstić information content (AvgIpc) is 2.50. The second-order valence-electron chi connectivity index (χ2n) is 4.90. The zero-order valence-electron chi connectivity index (χ0n) is 11.2. The van der Waals surface area contributed by atoms with Gasteiger partial charge in [-0.15, -0.1) is 0 Å². The lowest BCUT2D eigenvalue weighted by molar-refractivity contribution is 0.0358. The van der Waals surface area contributed by atoms with Crippen molar-refractivity contribution in [2.75, 3.05) is 32.8 Å². The minimum absolute atomic E-state index is 0.145. The van der Waals surface area contributed by atoms with Crippen molar-refractivity contribution >= 4 is 10.8 Å². The van der Waals surface area contributed by atoms with E-state index < -0.39 is 0 Å². The Kier molecular flexibility index (Phi) is 3.66. The Bertz CT molecular complexity index is 713. The predicted octanol–water partition coefficient (Wildman–Crippen LogP) is 0.0220. The number of aromatic amines is 1. The number of morpholine rings is 1. The molecule has 1 aliphatic rings. The molecule has 0 atom stereocenters. The number of rotatable bonds is 3. The summed E-state index contributed by atoms with van der Waals surface area (Å²) in [7, 11) is 0. The highest BCUT2D eigenvalue weighted by Crippen LogP contribution is 2.02. The molecule has 1 aromatic heterocycles. The third-order valence-corrected chi connectivity index (χ3v) is 3.63. The fourth-order valence-corrected chi connectivity index (χ4v) is 2.47. The predicted molar refractivity (Wildman–Crippen MR) is 76.1 cm³/mol. The minimum atomic E-state index is -0.220. The first-order valence-corrected chi connectivity index (χ1v) is 6.78. The molecule has 1 aliphatic heterocycles. The maximum atomic E-state index is 12.3. The summed E-state index contributed by atoms with van der Waals surface area (Å²) in [6.45, 7) is 4.40. The van der Waals surface area contributed by atoms with E-state index >= 15 is 0 Å². The van der Waals surface area contributed by atoms with Crippen LogP contribution in [0.4, 0.5) is 0 Å². The summed E-state index contributed by atoms with van der Waals surface area (Å²) in [4.78, 5) is 26.5. The van der Waals surface area contributed by atoms with Crippen LogP contribution >= 0.6 is 0 Å². The van der Waals surface area contributed by atoms with Crippen LogP contribution in [0.1, 0.15) is 0 Å². The smallest absolute Gasteiger partial charge is 0.273 e. The van der Waals surface area contributed by atoms with Gasteiger partial charge in [-0.2, -0.15) is 0 Å². The Morgan fingerprint density at radius 1 is 1.05 bits per heavy atom. The first-order valence-electron chi connectivity index (χ1n) is 6.78. The van der Waals surface area contributed by atoms with E-state index in [1.54, 1.807) is 24.3 Å². The topological polar surface area (TPSA) is 67.3 Å². The van der Waals surface area contributed by atoms with Gasteiger partial charge in [0.2, 0.25) is 0 Å². The molecule has 6 nitrogen and oxygen atoms in total. The summed E-state index contributed by atoms with van der Waals surface area (Å²) in [5, 5.41) is 3.56. The maximum Gasteiger partial charge on any atom is 0.273 e. The summed E-state index contributed by atoms with van der Waals surface area (Å²) in [5.74, 6) is 0. The van der Waals surface area contributed by atoms with Crippen LogP contribution in [0.15, 0.2) is 33.9 Å². The Hall–Kier alpha value is -1.92. The van der Waals surface area contributed by atoms with Crippen molar-refractivity contribution in [3.05, 3.63) is 45.0 Å². The fraction of sp³-hybridized carbons (Fsp3) is 0.429. The Labute approximate surface area is 115 Å². The lowest BCUT2D eigenvalue weighted by atomic mass is 10.2. The molecule has 1 N–H and O–H groups in total. The number of hydrogen-bond donors (Lipinski definition) is 1. The van der Waals surface area contributed by atoms with Crippen molar-refractivity contribution in [1.82, 2.24) is 14.7 Å². The summed E-state index contributed by atoms with van der Waals surface area (Å²) in [5.41, 5.74) is -0.365. The molecule has 0 spiro atoms. The van der Waals surface area contributed by atoms with Crippen LogP contribution in [0.2, 0.25) is 0 Å². The molecular weight excluding hydrogens is 258 g/mol. The second kappa shape index (κ2) is 5.60. The molecule has 0 radical (unpaired) electrons. The van der Waals surface area contributed by atoms with Crippen molar-refractivity contribution in [1.29, 1.82) is 0 Å². The number of aromatic nitrogens is 2. The molecule has 1 saturated heterocycles. The monoisotopic (exact) mass is 275 g/mol. The average molecular weight is 275 g/mol. The zero-order chi connectivity index (χ0) is 13.9. The lowest BCUT2D eigenvalue weighted by Crippen LogP contribution is -2.40. The Morgan fingerprint density at radius 2 is 1.75 bits per heavy atom. The largest absolute Gasteiger partial charge is 0.379 e. The molecule has 20 heavy (non-hydrogen) atoms. The number of H-pyrrole nitrogens is 1. The number of hydrogen-bond acceptors (Lipinski definition) is 4. The molecule has 2 heterocycles. The molecule has 0 aliphatic carbocycles. The van der Waals surface area contributed by atoms with Crippen LogP contribution < -0.4 is 11.1 Å². The molecule has 0 amide bonds. The molecule has 0 bridgehead atoms. The maximum absolute atomic E-state index is 12.3. The first-order chi connectivity index (χ1) is 9.75. The van der Waals surface area contributed by atoms with Crippen LogP contribution in [0.25, 0.3) is 10.8 Å². The zero-order valence-corrected chi connectivity index (χ0v) is 11.2. The molecule has 0 unspecified atom stereocenters. The molecular formula is C14H17N3O3. The summed E-state index contributed by atoms with van der Waals surface area (Å²) in [6.07, 6.45) is 0. The van der Waals surface area contributed by atoms with Gasteiger partial charge in [0, 0.05) is 19.6 Å². The standard InChI is InChI=1S/C14H17N3O3/c18-13-11-3-1-2-4-12(11)14(19)17(15-13)6-5-16-7-9-20-10-8-16/h1-4H,5-10H2,(H,15,18). The van der Waals surface area contributed by atoms with E-state index in [1.807, 2.05) is 0 Å². The molecule has 2 aromatic rings. The molecule has 1 fully saturated rings. The van der Waals surface area contributed by atoms with Gasteiger partial charge in [0.15, 0.2) is 0 Å². The van der Waals surface area contributed by atoms with Crippen LogP contribution in [0.3, 0.4) is 0 Å². The third kappa shape index (κ3) is 2.52.